The van der Waals surface area contributed by atoms with E-state index in [1.54, 1.807) is 48.5 Å². The Hall–Kier alpha value is -0.130. The van der Waals surface area contributed by atoms with Crippen LogP contribution in [0.4, 0.5) is 0 Å². The zero-order valence-electron chi connectivity index (χ0n) is 22.7. The molecule has 10 nitrogen and oxygen atoms in total. The van der Waals surface area contributed by atoms with Crippen LogP contribution in [0.15, 0.2) is 0 Å². The summed E-state index contributed by atoms with van der Waals surface area (Å²) >= 11 is 0. The minimum Gasteiger partial charge on any atom is -0.349 e. The molecule has 0 aromatic heterocycles. The lowest BCUT2D eigenvalue weighted by atomic mass is 9.91. The molecule has 3 fully saturated rings. The Labute approximate surface area is 204 Å². The van der Waals surface area contributed by atoms with Crippen molar-refractivity contribution in [1.29, 1.82) is 0 Å². The Kier molecular flexibility index (Phi) is 7.30. The first-order chi connectivity index (χ1) is 15.1. The predicted molar refractivity (Wildman–Crippen MR) is 124 cm³/mol. The van der Waals surface area contributed by atoms with Crippen molar-refractivity contribution >= 4 is 7.60 Å². The molecule has 200 valence electrons. The first kappa shape index (κ1) is 28.4. The van der Waals surface area contributed by atoms with E-state index in [4.69, 9.17) is 32.7 Å². The molecule has 3 heterocycles. The molecular weight excluding hydrogens is 465 g/mol. The van der Waals surface area contributed by atoms with Gasteiger partial charge in [0.1, 0.15) is 29.7 Å². The van der Waals surface area contributed by atoms with E-state index < -0.39 is 66.3 Å². The maximum atomic E-state index is 14.0. The SMILES string of the molecule is C[C@@H](N(O)[C@H]1O[C@H]([C@H]2COC(C)(C)O2)[C@]2(C)OC(C)(C)O[C@H]12)P(=O)(OC(C)(C)C)OC(C)(C)C. The first-order valence-electron chi connectivity index (χ1n) is 11.9. The van der Waals surface area contributed by atoms with Crippen LogP contribution in [-0.4, -0.2) is 75.6 Å². The molecule has 0 unspecified atom stereocenters. The van der Waals surface area contributed by atoms with Crippen molar-refractivity contribution in [2.24, 2.45) is 0 Å². The van der Waals surface area contributed by atoms with Gasteiger partial charge in [-0.3, -0.25) is 4.57 Å². The first-order valence-corrected chi connectivity index (χ1v) is 13.5. The third-order valence-corrected chi connectivity index (χ3v) is 8.58. The molecule has 0 spiro atoms. The molecule has 3 saturated heterocycles. The van der Waals surface area contributed by atoms with E-state index in [-0.39, 0.29) is 0 Å². The molecule has 3 aliphatic rings. The van der Waals surface area contributed by atoms with E-state index in [0.29, 0.717) is 6.61 Å². The summed E-state index contributed by atoms with van der Waals surface area (Å²) in [4.78, 5) is 0. The fraction of sp³-hybridized carbons (Fsp3) is 1.00. The minimum absolute atomic E-state index is 0.302. The number of fused-ring (bicyclic) bond motifs is 1. The Morgan fingerprint density at radius 3 is 1.91 bits per heavy atom. The monoisotopic (exact) mass is 509 g/mol. The van der Waals surface area contributed by atoms with Crippen LogP contribution in [0.3, 0.4) is 0 Å². The summed E-state index contributed by atoms with van der Waals surface area (Å²) < 4.78 is 56.6. The van der Waals surface area contributed by atoms with Crippen LogP contribution in [0.25, 0.3) is 0 Å². The van der Waals surface area contributed by atoms with Gasteiger partial charge in [0.25, 0.3) is 0 Å². The number of hydrogen-bond acceptors (Lipinski definition) is 10. The maximum absolute atomic E-state index is 14.0. The van der Waals surface area contributed by atoms with Crippen molar-refractivity contribution in [3.8, 4) is 0 Å². The standard InChI is InChI=1S/C23H44NO9P/c1-14(34(26,32-19(2,3)4)33-20(5,6)7)24(25)18-17-23(12,31-22(10,11)30-17)16(28-18)15-13-27-21(8,9)29-15/h14-18,25H,13H2,1-12H3/t14-,15+,16+,17+,18-,23-/m0/s1. The summed E-state index contributed by atoms with van der Waals surface area (Å²) in [7, 11) is -3.87. The van der Waals surface area contributed by atoms with Crippen molar-refractivity contribution in [3.05, 3.63) is 0 Å². The normalized spacial score (nSPS) is 36.8. The third kappa shape index (κ3) is 5.88. The summed E-state index contributed by atoms with van der Waals surface area (Å²) in [6.07, 6.45) is -2.78. The van der Waals surface area contributed by atoms with Gasteiger partial charge in [-0.25, -0.2) is 0 Å². The highest BCUT2D eigenvalue weighted by atomic mass is 31.2. The number of nitrogens with zero attached hydrogens (tertiary/aromatic N) is 1. The lowest BCUT2D eigenvalue weighted by molar-refractivity contribution is -0.279. The summed E-state index contributed by atoms with van der Waals surface area (Å²) in [5.41, 5.74) is -2.51. The second-order valence-corrected chi connectivity index (χ2v) is 14.7. The number of hydrogen-bond donors (Lipinski definition) is 1. The smallest absolute Gasteiger partial charge is 0.349 e. The maximum Gasteiger partial charge on any atom is 0.350 e. The highest BCUT2D eigenvalue weighted by molar-refractivity contribution is 7.54. The molecule has 11 heteroatoms. The van der Waals surface area contributed by atoms with Gasteiger partial charge in [-0.05, 0) is 83.1 Å². The Morgan fingerprint density at radius 2 is 1.47 bits per heavy atom. The molecule has 0 amide bonds. The average Bonchev–Trinajstić information content (AvgIpc) is 3.15. The minimum atomic E-state index is -3.87. The van der Waals surface area contributed by atoms with Crippen molar-refractivity contribution in [2.75, 3.05) is 6.61 Å². The van der Waals surface area contributed by atoms with Gasteiger partial charge in [-0.15, -0.1) is 5.06 Å². The Bertz CT molecular complexity index is 785. The highest BCUT2D eigenvalue weighted by Crippen LogP contribution is 2.60. The Balaban J connectivity index is 1.93. The number of hydroxylamine groups is 2. The van der Waals surface area contributed by atoms with Gasteiger partial charge in [0.05, 0.1) is 17.8 Å². The van der Waals surface area contributed by atoms with E-state index >= 15 is 0 Å². The second-order valence-electron chi connectivity index (χ2n) is 12.5. The number of ether oxygens (including phenoxy) is 5. The zero-order chi connectivity index (χ0) is 26.1. The molecule has 3 aliphatic heterocycles. The molecule has 0 aliphatic carbocycles. The molecule has 3 rings (SSSR count). The third-order valence-electron chi connectivity index (χ3n) is 5.82. The second kappa shape index (κ2) is 8.72. The lowest BCUT2D eigenvalue weighted by Crippen LogP contribution is -2.51. The van der Waals surface area contributed by atoms with E-state index in [2.05, 4.69) is 0 Å². The summed E-state index contributed by atoms with van der Waals surface area (Å²) in [5, 5.41) is 12.3. The van der Waals surface area contributed by atoms with E-state index in [0.717, 1.165) is 5.06 Å². The van der Waals surface area contributed by atoms with Crippen molar-refractivity contribution in [2.45, 2.75) is 142 Å². The van der Waals surface area contributed by atoms with E-state index in [9.17, 15) is 9.77 Å². The van der Waals surface area contributed by atoms with Crippen molar-refractivity contribution < 1.29 is 42.5 Å². The summed E-state index contributed by atoms with van der Waals surface area (Å²) in [5.74, 6) is -2.76. The van der Waals surface area contributed by atoms with Crippen LogP contribution in [0.1, 0.15) is 83.1 Å². The Morgan fingerprint density at radius 1 is 0.941 bits per heavy atom. The van der Waals surface area contributed by atoms with E-state index in [1.807, 2.05) is 34.6 Å². The zero-order valence-corrected chi connectivity index (χ0v) is 23.6. The molecule has 1 N–H and O–H groups in total. The van der Waals surface area contributed by atoms with Crippen LogP contribution < -0.4 is 0 Å². The topological polar surface area (TPSA) is 105 Å². The summed E-state index contributed by atoms with van der Waals surface area (Å²) in [6, 6.07) is 0. The van der Waals surface area contributed by atoms with Crippen LogP contribution in [0.2, 0.25) is 0 Å². The molecular formula is C23H44NO9P. The fourth-order valence-electron chi connectivity index (χ4n) is 4.77. The van der Waals surface area contributed by atoms with Crippen LogP contribution in [-0.2, 0) is 37.3 Å². The van der Waals surface area contributed by atoms with E-state index in [1.165, 1.54) is 0 Å². The molecule has 34 heavy (non-hydrogen) atoms. The fourth-order valence-corrected chi connectivity index (χ4v) is 7.06. The van der Waals surface area contributed by atoms with Crippen molar-refractivity contribution in [1.82, 2.24) is 5.06 Å². The van der Waals surface area contributed by atoms with Gasteiger partial charge in [-0.1, -0.05) is 0 Å². The molecule has 0 radical (unpaired) electrons. The highest BCUT2D eigenvalue weighted by Gasteiger charge is 2.68. The van der Waals surface area contributed by atoms with Crippen LogP contribution in [0.5, 0.6) is 0 Å². The van der Waals surface area contributed by atoms with Crippen LogP contribution in [0, 0.1) is 0 Å². The van der Waals surface area contributed by atoms with Gasteiger partial charge in [-0.2, -0.15) is 0 Å². The lowest BCUT2D eigenvalue weighted by Gasteiger charge is -2.39. The van der Waals surface area contributed by atoms with Gasteiger partial charge in [0.15, 0.2) is 17.8 Å². The summed E-state index contributed by atoms with van der Waals surface area (Å²) in [6.45, 7) is 21.8. The molecule has 0 saturated carbocycles. The van der Waals surface area contributed by atoms with Gasteiger partial charge >= 0.3 is 7.60 Å². The van der Waals surface area contributed by atoms with Gasteiger partial charge in [0.2, 0.25) is 0 Å². The number of rotatable bonds is 6. The predicted octanol–water partition coefficient (Wildman–Crippen LogP) is 4.63. The van der Waals surface area contributed by atoms with Crippen molar-refractivity contribution in [3.63, 3.8) is 0 Å². The molecule has 0 bridgehead atoms. The molecule has 0 aromatic carbocycles. The molecule has 0 aromatic rings. The molecule has 6 atom stereocenters. The van der Waals surface area contributed by atoms with Gasteiger partial charge < -0.3 is 37.9 Å². The van der Waals surface area contributed by atoms with Crippen LogP contribution >= 0.6 is 7.60 Å². The van der Waals surface area contributed by atoms with Gasteiger partial charge in [0, 0.05) is 0 Å². The average molecular weight is 510 g/mol. The largest absolute Gasteiger partial charge is 0.350 e. The quantitative estimate of drug-likeness (QED) is 0.402.